The first-order valence-corrected chi connectivity index (χ1v) is 6.23. The smallest absolute Gasteiger partial charge is 0.167 e. The maximum absolute atomic E-state index is 13.8. The minimum absolute atomic E-state index is 0.0308. The van der Waals surface area contributed by atoms with Crippen molar-refractivity contribution in [1.29, 1.82) is 5.26 Å². The van der Waals surface area contributed by atoms with Crippen LogP contribution in [0.5, 0.6) is 5.75 Å². The van der Waals surface area contributed by atoms with Crippen LogP contribution in [0.2, 0.25) is 0 Å². The van der Waals surface area contributed by atoms with Gasteiger partial charge in [0.05, 0.1) is 35.3 Å². The minimum Gasteiger partial charge on any atom is -0.491 e. The van der Waals surface area contributed by atoms with E-state index in [1.54, 1.807) is 6.92 Å². The Morgan fingerprint density at radius 2 is 1.95 bits per heavy atom. The summed E-state index contributed by atoms with van der Waals surface area (Å²) in [6, 6.07) is 8.30. The van der Waals surface area contributed by atoms with Crippen LogP contribution in [0.25, 0.3) is 0 Å². The van der Waals surface area contributed by atoms with Crippen LogP contribution in [-0.2, 0) is 0 Å². The molecule has 0 saturated carbocycles. The van der Waals surface area contributed by atoms with Gasteiger partial charge in [-0.3, -0.25) is 0 Å². The zero-order valence-corrected chi connectivity index (χ0v) is 11.3. The van der Waals surface area contributed by atoms with Crippen molar-refractivity contribution in [2.24, 2.45) is 0 Å². The molecule has 0 heterocycles. The average molecular weight is 289 g/mol. The van der Waals surface area contributed by atoms with Gasteiger partial charge in [-0.1, -0.05) is 0 Å². The van der Waals surface area contributed by atoms with Crippen molar-refractivity contribution in [3.63, 3.8) is 0 Å². The highest BCUT2D eigenvalue weighted by Gasteiger charge is 2.11. The molecule has 0 unspecified atom stereocenters. The van der Waals surface area contributed by atoms with E-state index in [2.05, 4.69) is 5.32 Å². The molecule has 0 amide bonds. The van der Waals surface area contributed by atoms with E-state index in [4.69, 9.17) is 15.7 Å². The first-order valence-electron chi connectivity index (χ1n) is 6.23. The number of nitrogens with one attached hydrogen (secondary N) is 1. The van der Waals surface area contributed by atoms with Gasteiger partial charge in [0.2, 0.25) is 0 Å². The second-order valence-corrected chi connectivity index (χ2v) is 4.23. The van der Waals surface area contributed by atoms with Gasteiger partial charge in [0.15, 0.2) is 11.6 Å². The Balaban J connectivity index is 2.35. The number of ether oxygens (including phenoxy) is 1. The molecule has 0 spiro atoms. The highest BCUT2D eigenvalue weighted by molar-refractivity contribution is 5.74. The van der Waals surface area contributed by atoms with E-state index in [0.29, 0.717) is 12.3 Å². The second kappa shape index (κ2) is 6.09. The van der Waals surface area contributed by atoms with Gasteiger partial charge in [-0.2, -0.15) is 5.26 Å². The predicted octanol–water partition coefficient (Wildman–Crippen LogP) is 3.56. The molecule has 0 aliphatic heterocycles. The molecule has 0 aliphatic rings. The second-order valence-electron chi connectivity index (χ2n) is 4.23. The summed E-state index contributed by atoms with van der Waals surface area (Å²) in [7, 11) is 0. The summed E-state index contributed by atoms with van der Waals surface area (Å²) in [5, 5.41) is 11.5. The Hall–Kier alpha value is -2.81. The Bertz CT molecular complexity index is 711. The number of hydrogen-bond acceptors (Lipinski definition) is 4. The molecule has 21 heavy (non-hydrogen) atoms. The van der Waals surface area contributed by atoms with Gasteiger partial charge < -0.3 is 15.8 Å². The van der Waals surface area contributed by atoms with Crippen LogP contribution in [0.1, 0.15) is 12.5 Å². The molecule has 0 fully saturated rings. The summed E-state index contributed by atoms with van der Waals surface area (Å²) in [6.07, 6.45) is 0. The summed E-state index contributed by atoms with van der Waals surface area (Å²) in [5.41, 5.74) is 6.50. The lowest BCUT2D eigenvalue weighted by molar-refractivity contribution is 0.322. The van der Waals surface area contributed by atoms with Crippen LogP contribution in [-0.4, -0.2) is 6.61 Å². The van der Waals surface area contributed by atoms with E-state index in [1.165, 1.54) is 18.2 Å². The van der Waals surface area contributed by atoms with Gasteiger partial charge >= 0.3 is 0 Å². The zero-order chi connectivity index (χ0) is 15.4. The number of nitrogens with two attached hydrogens (primary N) is 1. The number of benzene rings is 2. The van der Waals surface area contributed by atoms with Crippen molar-refractivity contribution in [1.82, 2.24) is 0 Å². The van der Waals surface area contributed by atoms with Gasteiger partial charge in [0.1, 0.15) is 5.82 Å². The lowest BCUT2D eigenvalue weighted by Crippen LogP contribution is -2.02. The van der Waals surface area contributed by atoms with Crippen LogP contribution < -0.4 is 15.8 Å². The van der Waals surface area contributed by atoms with Gasteiger partial charge in [-0.15, -0.1) is 0 Å². The van der Waals surface area contributed by atoms with Gasteiger partial charge in [-0.25, -0.2) is 8.78 Å². The molecule has 0 aliphatic carbocycles. The Morgan fingerprint density at radius 3 is 2.57 bits per heavy atom. The molecule has 2 aromatic rings. The van der Waals surface area contributed by atoms with Crippen molar-refractivity contribution in [3.8, 4) is 11.8 Å². The highest BCUT2D eigenvalue weighted by Crippen LogP contribution is 2.31. The Morgan fingerprint density at radius 1 is 1.19 bits per heavy atom. The monoisotopic (exact) mass is 289 g/mol. The molecule has 0 atom stereocenters. The molecular formula is C15H13F2N3O. The number of hydrogen-bond donors (Lipinski definition) is 2. The fraction of sp³-hybridized carbons (Fsp3) is 0.133. The maximum atomic E-state index is 13.8. The topological polar surface area (TPSA) is 71.1 Å². The van der Waals surface area contributed by atoms with Crippen LogP contribution >= 0.6 is 0 Å². The molecule has 0 bridgehead atoms. The largest absolute Gasteiger partial charge is 0.491 e. The van der Waals surface area contributed by atoms with E-state index in [1.807, 2.05) is 6.07 Å². The molecule has 108 valence electrons. The molecule has 3 N–H and O–H groups in total. The summed E-state index contributed by atoms with van der Waals surface area (Å²) in [6.45, 7) is 2.02. The van der Waals surface area contributed by atoms with E-state index >= 15 is 0 Å². The van der Waals surface area contributed by atoms with Crippen LogP contribution in [0.15, 0.2) is 30.3 Å². The molecule has 2 aromatic carbocycles. The summed E-state index contributed by atoms with van der Waals surface area (Å²) in [4.78, 5) is 0. The third-order valence-electron chi connectivity index (χ3n) is 2.77. The number of anilines is 3. The van der Waals surface area contributed by atoms with Crippen LogP contribution in [0.4, 0.5) is 25.8 Å². The lowest BCUT2D eigenvalue weighted by atomic mass is 10.2. The van der Waals surface area contributed by atoms with Crippen molar-refractivity contribution < 1.29 is 13.5 Å². The molecular weight excluding hydrogens is 276 g/mol. The number of nitrogens with zero attached hydrogens (tertiary/aromatic N) is 1. The average Bonchev–Trinajstić information content (AvgIpc) is 2.46. The summed E-state index contributed by atoms with van der Waals surface area (Å²) < 4.78 is 32.5. The molecule has 0 aromatic heterocycles. The third-order valence-corrected chi connectivity index (χ3v) is 2.77. The zero-order valence-electron chi connectivity index (χ0n) is 11.3. The first-order chi connectivity index (χ1) is 10.0. The van der Waals surface area contributed by atoms with Crippen molar-refractivity contribution in [3.05, 3.63) is 47.5 Å². The molecule has 0 saturated heterocycles. The van der Waals surface area contributed by atoms with E-state index in [-0.39, 0.29) is 22.7 Å². The van der Waals surface area contributed by atoms with Crippen molar-refractivity contribution in [2.75, 3.05) is 17.7 Å². The number of halogens is 2. The summed E-state index contributed by atoms with van der Waals surface area (Å²) in [5.74, 6) is -1.15. The number of nitriles is 1. The number of nitrogen functional groups attached to an aromatic ring is 1. The normalized spacial score (nSPS) is 10.0. The Kier molecular flexibility index (Phi) is 4.24. The number of rotatable bonds is 4. The van der Waals surface area contributed by atoms with Gasteiger partial charge in [0, 0.05) is 12.1 Å². The van der Waals surface area contributed by atoms with E-state index < -0.39 is 11.6 Å². The third kappa shape index (κ3) is 3.20. The SMILES string of the molecule is CCOc1cc(Nc2ccc(C#N)cc2F)c(N)cc1F. The first kappa shape index (κ1) is 14.6. The van der Waals surface area contributed by atoms with E-state index in [0.717, 1.165) is 12.1 Å². The highest BCUT2D eigenvalue weighted by atomic mass is 19.1. The maximum Gasteiger partial charge on any atom is 0.167 e. The molecule has 2 rings (SSSR count). The van der Waals surface area contributed by atoms with Gasteiger partial charge in [-0.05, 0) is 25.1 Å². The van der Waals surface area contributed by atoms with Crippen molar-refractivity contribution >= 4 is 17.1 Å². The molecule has 6 heteroatoms. The lowest BCUT2D eigenvalue weighted by Gasteiger charge is -2.13. The fourth-order valence-corrected chi connectivity index (χ4v) is 1.77. The van der Waals surface area contributed by atoms with Crippen LogP contribution in [0, 0.1) is 23.0 Å². The van der Waals surface area contributed by atoms with Crippen LogP contribution in [0.3, 0.4) is 0 Å². The predicted molar refractivity (Wildman–Crippen MR) is 76.4 cm³/mol. The quantitative estimate of drug-likeness (QED) is 0.844. The molecule has 4 nitrogen and oxygen atoms in total. The minimum atomic E-state index is -0.601. The standard InChI is InChI=1S/C15H13F2N3O/c1-2-21-15-7-14(12(19)6-11(15)17)20-13-4-3-9(8-18)5-10(13)16/h3-7,20H,2,19H2,1H3. The van der Waals surface area contributed by atoms with Crippen molar-refractivity contribution in [2.45, 2.75) is 6.92 Å². The molecule has 0 radical (unpaired) electrons. The Labute approximate surface area is 120 Å². The fourth-order valence-electron chi connectivity index (χ4n) is 1.77. The van der Waals surface area contributed by atoms with E-state index in [9.17, 15) is 8.78 Å². The van der Waals surface area contributed by atoms with Gasteiger partial charge in [0.25, 0.3) is 0 Å². The summed E-state index contributed by atoms with van der Waals surface area (Å²) >= 11 is 0.